The molecule has 1 heterocycles. The van der Waals surface area contributed by atoms with Gasteiger partial charge in [-0.05, 0) is 78.7 Å². The summed E-state index contributed by atoms with van der Waals surface area (Å²) >= 11 is 0. The lowest BCUT2D eigenvalue weighted by molar-refractivity contribution is 0.134. The third kappa shape index (κ3) is 9.91. The highest BCUT2D eigenvalue weighted by Crippen LogP contribution is 2.20. The van der Waals surface area contributed by atoms with Gasteiger partial charge in [-0.1, -0.05) is 43.6 Å². The number of allylic oxidation sites excluding steroid dienone is 4. The summed E-state index contributed by atoms with van der Waals surface area (Å²) in [6.07, 6.45) is 13.0. The van der Waals surface area contributed by atoms with Crippen LogP contribution in [0.15, 0.2) is 23.3 Å². The predicted octanol–water partition coefficient (Wildman–Crippen LogP) is 5.31. The van der Waals surface area contributed by atoms with Crippen LogP contribution < -0.4 is 5.32 Å². The summed E-state index contributed by atoms with van der Waals surface area (Å²) in [6, 6.07) is 1.42. The lowest BCUT2D eigenvalue weighted by atomic mass is 9.96. The standard InChI is InChI=1S/C24H46N2O/c1-7-21(5)24(17-26-16-10-15-23(26)18-27)25-22(6)14-9-13-20(4)12-8-11-19(2)3/h11,13,21-25,27H,7-10,12,14-18H2,1-6H3. The van der Waals surface area contributed by atoms with Gasteiger partial charge < -0.3 is 10.4 Å². The van der Waals surface area contributed by atoms with Crippen molar-refractivity contribution in [2.45, 2.75) is 105 Å². The van der Waals surface area contributed by atoms with E-state index in [1.54, 1.807) is 0 Å². The van der Waals surface area contributed by atoms with Crippen LogP contribution in [0.5, 0.6) is 0 Å². The van der Waals surface area contributed by atoms with Crippen molar-refractivity contribution in [3.8, 4) is 0 Å². The Bertz CT molecular complexity index is 453. The van der Waals surface area contributed by atoms with Crippen molar-refractivity contribution in [2.75, 3.05) is 19.7 Å². The molecule has 1 aliphatic rings. The van der Waals surface area contributed by atoms with Gasteiger partial charge in [0.25, 0.3) is 0 Å². The van der Waals surface area contributed by atoms with Gasteiger partial charge in [0.2, 0.25) is 0 Å². The van der Waals surface area contributed by atoms with Crippen LogP contribution in [-0.4, -0.2) is 47.8 Å². The molecule has 0 aliphatic carbocycles. The summed E-state index contributed by atoms with van der Waals surface area (Å²) in [7, 11) is 0. The molecule has 0 radical (unpaired) electrons. The van der Waals surface area contributed by atoms with Crippen molar-refractivity contribution in [1.82, 2.24) is 10.2 Å². The number of hydrogen-bond donors (Lipinski definition) is 2. The molecule has 0 aromatic carbocycles. The van der Waals surface area contributed by atoms with Crippen LogP contribution in [0.25, 0.3) is 0 Å². The Hall–Kier alpha value is -0.640. The van der Waals surface area contributed by atoms with Crippen LogP contribution in [0.3, 0.4) is 0 Å². The molecule has 158 valence electrons. The van der Waals surface area contributed by atoms with E-state index in [0.717, 1.165) is 32.4 Å². The molecule has 1 aliphatic heterocycles. The van der Waals surface area contributed by atoms with E-state index in [4.69, 9.17) is 0 Å². The van der Waals surface area contributed by atoms with E-state index in [-0.39, 0.29) is 0 Å². The number of aliphatic hydroxyl groups is 1. The average Bonchev–Trinajstić information content (AvgIpc) is 3.07. The molecule has 1 saturated heterocycles. The Labute approximate surface area is 169 Å². The lowest BCUT2D eigenvalue weighted by Gasteiger charge is -2.33. The summed E-state index contributed by atoms with van der Waals surface area (Å²) in [5.74, 6) is 0.661. The van der Waals surface area contributed by atoms with Gasteiger partial charge in [0.05, 0.1) is 6.61 Å². The molecule has 1 fully saturated rings. The molecule has 0 saturated carbocycles. The van der Waals surface area contributed by atoms with Crippen LogP contribution in [0.4, 0.5) is 0 Å². The third-order valence-corrected chi connectivity index (χ3v) is 6.15. The van der Waals surface area contributed by atoms with Crippen LogP contribution in [0.1, 0.15) is 86.5 Å². The highest BCUT2D eigenvalue weighted by molar-refractivity contribution is 5.02. The van der Waals surface area contributed by atoms with E-state index >= 15 is 0 Å². The highest BCUT2D eigenvalue weighted by Gasteiger charge is 2.28. The van der Waals surface area contributed by atoms with Crippen molar-refractivity contribution < 1.29 is 5.11 Å². The SMILES string of the molecule is CCC(C)C(CN1CCCC1CO)NC(C)CCC=C(C)CCC=C(C)C. The number of nitrogens with one attached hydrogen (secondary N) is 1. The van der Waals surface area contributed by atoms with Crippen molar-refractivity contribution in [2.24, 2.45) is 5.92 Å². The van der Waals surface area contributed by atoms with Crippen molar-refractivity contribution in [3.05, 3.63) is 23.3 Å². The fourth-order valence-corrected chi connectivity index (χ4v) is 4.00. The molecule has 3 heteroatoms. The van der Waals surface area contributed by atoms with Gasteiger partial charge in [0, 0.05) is 24.7 Å². The first-order valence-corrected chi connectivity index (χ1v) is 11.3. The van der Waals surface area contributed by atoms with Crippen molar-refractivity contribution in [3.63, 3.8) is 0 Å². The minimum Gasteiger partial charge on any atom is -0.395 e. The second-order valence-corrected chi connectivity index (χ2v) is 8.98. The first kappa shape index (κ1) is 24.4. The zero-order valence-electron chi connectivity index (χ0n) is 18.9. The number of hydrogen-bond acceptors (Lipinski definition) is 3. The Morgan fingerprint density at radius 2 is 1.93 bits per heavy atom. The summed E-state index contributed by atoms with van der Waals surface area (Å²) < 4.78 is 0. The summed E-state index contributed by atoms with van der Waals surface area (Å²) in [5, 5.41) is 13.5. The topological polar surface area (TPSA) is 35.5 Å². The molecule has 0 aromatic heterocycles. The maximum absolute atomic E-state index is 9.61. The Balaban J connectivity index is 2.44. The average molecular weight is 379 g/mol. The van der Waals surface area contributed by atoms with Gasteiger partial charge in [0.15, 0.2) is 0 Å². The van der Waals surface area contributed by atoms with Gasteiger partial charge >= 0.3 is 0 Å². The van der Waals surface area contributed by atoms with Gasteiger partial charge in [-0.3, -0.25) is 4.90 Å². The molecular formula is C24H46N2O. The second kappa shape index (κ2) is 13.5. The van der Waals surface area contributed by atoms with E-state index in [1.165, 1.54) is 36.8 Å². The van der Waals surface area contributed by atoms with E-state index in [0.29, 0.717) is 30.7 Å². The molecule has 3 nitrogen and oxygen atoms in total. The molecule has 2 N–H and O–H groups in total. The zero-order valence-corrected chi connectivity index (χ0v) is 18.9. The zero-order chi connectivity index (χ0) is 20.2. The van der Waals surface area contributed by atoms with Gasteiger partial charge in [-0.25, -0.2) is 0 Å². The largest absolute Gasteiger partial charge is 0.395 e. The van der Waals surface area contributed by atoms with Crippen molar-refractivity contribution in [1.29, 1.82) is 0 Å². The Morgan fingerprint density at radius 3 is 2.56 bits per heavy atom. The van der Waals surface area contributed by atoms with Crippen LogP contribution >= 0.6 is 0 Å². The van der Waals surface area contributed by atoms with Crippen LogP contribution in [0, 0.1) is 5.92 Å². The minimum absolute atomic E-state index is 0.305. The molecule has 0 spiro atoms. The third-order valence-electron chi connectivity index (χ3n) is 6.15. The summed E-state index contributed by atoms with van der Waals surface area (Å²) in [4.78, 5) is 2.50. The van der Waals surface area contributed by atoms with E-state index in [2.05, 4.69) is 63.9 Å². The normalized spacial score (nSPS) is 21.9. The fraction of sp³-hybridized carbons (Fsp3) is 0.833. The van der Waals surface area contributed by atoms with Gasteiger partial charge in [-0.15, -0.1) is 0 Å². The van der Waals surface area contributed by atoms with E-state index in [1.807, 2.05) is 0 Å². The molecule has 4 atom stereocenters. The van der Waals surface area contributed by atoms with Crippen LogP contribution in [-0.2, 0) is 0 Å². The quantitative estimate of drug-likeness (QED) is 0.426. The molecule has 27 heavy (non-hydrogen) atoms. The maximum atomic E-state index is 9.61. The fourth-order valence-electron chi connectivity index (χ4n) is 4.00. The number of aliphatic hydroxyl groups excluding tert-OH is 1. The molecular weight excluding hydrogens is 332 g/mol. The molecule has 0 bridgehead atoms. The van der Waals surface area contributed by atoms with Gasteiger partial charge in [0.1, 0.15) is 0 Å². The number of nitrogens with zero attached hydrogens (tertiary/aromatic N) is 1. The molecule has 0 aromatic rings. The first-order chi connectivity index (χ1) is 12.9. The van der Waals surface area contributed by atoms with Crippen molar-refractivity contribution >= 4 is 0 Å². The molecule has 0 amide bonds. The first-order valence-electron chi connectivity index (χ1n) is 11.3. The molecule has 1 rings (SSSR count). The van der Waals surface area contributed by atoms with E-state index in [9.17, 15) is 5.11 Å². The summed E-state index contributed by atoms with van der Waals surface area (Å²) in [5.41, 5.74) is 2.93. The van der Waals surface area contributed by atoms with E-state index < -0.39 is 0 Å². The Kier molecular flexibility index (Phi) is 12.2. The lowest BCUT2D eigenvalue weighted by Crippen LogP contribution is -2.49. The predicted molar refractivity (Wildman–Crippen MR) is 119 cm³/mol. The summed E-state index contributed by atoms with van der Waals surface area (Å²) in [6.45, 7) is 16.1. The second-order valence-electron chi connectivity index (χ2n) is 8.98. The number of likely N-dealkylation sites (tertiary alicyclic amines) is 1. The van der Waals surface area contributed by atoms with Crippen LogP contribution in [0.2, 0.25) is 0 Å². The maximum Gasteiger partial charge on any atom is 0.0586 e. The smallest absolute Gasteiger partial charge is 0.0586 e. The highest BCUT2D eigenvalue weighted by atomic mass is 16.3. The number of rotatable bonds is 13. The Morgan fingerprint density at radius 1 is 1.19 bits per heavy atom. The molecule has 4 unspecified atom stereocenters. The minimum atomic E-state index is 0.305. The monoisotopic (exact) mass is 378 g/mol. The van der Waals surface area contributed by atoms with Gasteiger partial charge in [-0.2, -0.15) is 0 Å².